The molecule has 1 aliphatic heterocycles. The number of benzene rings is 3. The van der Waals surface area contributed by atoms with Crippen molar-refractivity contribution in [3.63, 3.8) is 0 Å². The average molecular weight is 459 g/mol. The van der Waals surface area contributed by atoms with E-state index in [2.05, 4.69) is 10.6 Å². The van der Waals surface area contributed by atoms with Gasteiger partial charge >= 0.3 is 6.03 Å². The van der Waals surface area contributed by atoms with E-state index in [1.807, 2.05) is 19.1 Å². The van der Waals surface area contributed by atoms with Crippen LogP contribution in [0, 0.1) is 12.7 Å². The summed E-state index contributed by atoms with van der Waals surface area (Å²) >= 11 is 0. The van der Waals surface area contributed by atoms with Crippen molar-refractivity contribution in [3.05, 3.63) is 101 Å². The Bertz CT molecular complexity index is 1270. The highest BCUT2D eigenvalue weighted by Crippen LogP contribution is 2.24. The minimum Gasteiger partial charge on any atom is -0.483 e. The number of amides is 4. The number of carbonyl (C=O) groups is 3. The lowest BCUT2D eigenvalue weighted by Gasteiger charge is -2.12. The Morgan fingerprint density at radius 3 is 2.50 bits per heavy atom. The molecule has 1 heterocycles. The Kier molecular flexibility index (Phi) is 6.68. The van der Waals surface area contributed by atoms with E-state index in [0.717, 1.165) is 10.5 Å². The molecule has 7 nitrogen and oxygen atoms in total. The van der Waals surface area contributed by atoms with Gasteiger partial charge in [0.2, 0.25) is 0 Å². The fourth-order valence-corrected chi connectivity index (χ4v) is 3.38. The summed E-state index contributed by atoms with van der Waals surface area (Å²) in [7, 11) is 0. The number of carbonyl (C=O) groups excluding carboxylic acids is 3. The number of rotatable bonds is 7. The molecule has 0 bridgehead atoms. The van der Waals surface area contributed by atoms with E-state index in [4.69, 9.17) is 4.74 Å². The molecule has 8 heteroatoms. The first-order valence-corrected chi connectivity index (χ1v) is 10.6. The molecule has 1 aliphatic rings. The summed E-state index contributed by atoms with van der Waals surface area (Å²) in [6.07, 6.45) is 1.47. The minimum absolute atomic E-state index is 0.0292. The minimum atomic E-state index is -0.643. The van der Waals surface area contributed by atoms with Gasteiger partial charge in [-0.3, -0.25) is 14.5 Å². The maximum absolute atomic E-state index is 14.0. The zero-order valence-electron chi connectivity index (χ0n) is 18.4. The van der Waals surface area contributed by atoms with E-state index in [1.54, 1.807) is 42.5 Å². The second-order valence-electron chi connectivity index (χ2n) is 7.71. The molecule has 34 heavy (non-hydrogen) atoms. The standard InChI is InChI=1S/C26H22FN3O4/c1-17-10-12-20(13-11-17)28-24(31)16-34-23-9-5-3-6-18(23)14-22-25(32)30(26(33)29-22)15-19-7-2-4-8-21(19)27/h2-14H,15-16H2,1H3,(H,28,31)(H,29,33). The predicted octanol–water partition coefficient (Wildman–Crippen LogP) is 4.24. The Morgan fingerprint density at radius 1 is 1.03 bits per heavy atom. The molecule has 1 saturated heterocycles. The molecule has 3 aromatic carbocycles. The molecule has 4 rings (SSSR count). The van der Waals surface area contributed by atoms with Gasteiger partial charge in [0.25, 0.3) is 11.8 Å². The predicted molar refractivity (Wildman–Crippen MR) is 125 cm³/mol. The first-order chi connectivity index (χ1) is 16.4. The van der Waals surface area contributed by atoms with Crippen LogP contribution in [-0.4, -0.2) is 29.4 Å². The van der Waals surface area contributed by atoms with Gasteiger partial charge < -0.3 is 15.4 Å². The number of imide groups is 1. The summed E-state index contributed by atoms with van der Waals surface area (Å²) in [5, 5.41) is 5.26. The van der Waals surface area contributed by atoms with E-state index >= 15 is 0 Å². The summed E-state index contributed by atoms with van der Waals surface area (Å²) < 4.78 is 19.6. The van der Waals surface area contributed by atoms with Crippen LogP contribution in [0.25, 0.3) is 6.08 Å². The number of halogens is 1. The summed E-state index contributed by atoms with van der Waals surface area (Å²) in [5.41, 5.74) is 2.50. The van der Waals surface area contributed by atoms with Crippen LogP contribution in [-0.2, 0) is 16.1 Å². The van der Waals surface area contributed by atoms with Crippen LogP contribution in [0.15, 0.2) is 78.5 Å². The van der Waals surface area contributed by atoms with E-state index < -0.39 is 17.8 Å². The van der Waals surface area contributed by atoms with Gasteiger partial charge in [0.05, 0.1) is 6.54 Å². The average Bonchev–Trinajstić information content (AvgIpc) is 3.08. The molecule has 0 radical (unpaired) electrons. The molecule has 2 N–H and O–H groups in total. The molecule has 0 saturated carbocycles. The Morgan fingerprint density at radius 2 is 1.74 bits per heavy atom. The smallest absolute Gasteiger partial charge is 0.329 e. The molecular weight excluding hydrogens is 437 g/mol. The maximum atomic E-state index is 14.0. The van der Waals surface area contributed by atoms with E-state index in [0.29, 0.717) is 17.0 Å². The van der Waals surface area contributed by atoms with Crippen LogP contribution in [0.5, 0.6) is 5.75 Å². The summed E-state index contributed by atoms with van der Waals surface area (Å²) in [4.78, 5) is 38.3. The van der Waals surface area contributed by atoms with Crippen molar-refractivity contribution in [2.45, 2.75) is 13.5 Å². The number of para-hydroxylation sites is 1. The van der Waals surface area contributed by atoms with E-state index in [-0.39, 0.29) is 30.3 Å². The Labute approximate surface area is 195 Å². The zero-order valence-corrected chi connectivity index (χ0v) is 18.4. The summed E-state index contributed by atoms with van der Waals surface area (Å²) in [6, 6.07) is 19.5. The molecule has 0 aromatic heterocycles. The van der Waals surface area contributed by atoms with Gasteiger partial charge in [0.1, 0.15) is 17.3 Å². The van der Waals surface area contributed by atoms with Crippen molar-refractivity contribution in [2.75, 3.05) is 11.9 Å². The normalized spacial score (nSPS) is 14.3. The topological polar surface area (TPSA) is 87.7 Å². The third-order valence-corrected chi connectivity index (χ3v) is 5.16. The van der Waals surface area contributed by atoms with Crippen LogP contribution < -0.4 is 15.4 Å². The summed E-state index contributed by atoms with van der Waals surface area (Å²) in [5.74, 6) is -1.06. The Hall–Kier alpha value is -4.46. The second-order valence-corrected chi connectivity index (χ2v) is 7.71. The molecule has 0 aliphatic carbocycles. The largest absolute Gasteiger partial charge is 0.483 e. The molecule has 0 spiro atoms. The molecule has 4 amide bonds. The maximum Gasteiger partial charge on any atom is 0.329 e. The molecule has 0 atom stereocenters. The van der Waals surface area contributed by atoms with Gasteiger partial charge in [-0.25, -0.2) is 9.18 Å². The van der Waals surface area contributed by atoms with Gasteiger partial charge in [-0.15, -0.1) is 0 Å². The number of urea groups is 1. The van der Waals surface area contributed by atoms with Crippen LogP contribution >= 0.6 is 0 Å². The van der Waals surface area contributed by atoms with Gasteiger partial charge in [-0.1, -0.05) is 54.1 Å². The highest BCUT2D eigenvalue weighted by molar-refractivity contribution is 6.14. The summed E-state index contributed by atoms with van der Waals surface area (Å²) in [6.45, 7) is 1.52. The highest BCUT2D eigenvalue weighted by Gasteiger charge is 2.34. The van der Waals surface area contributed by atoms with Crippen molar-refractivity contribution >= 4 is 29.6 Å². The number of anilines is 1. The number of hydrogen-bond acceptors (Lipinski definition) is 4. The number of ether oxygens (including phenoxy) is 1. The van der Waals surface area contributed by atoms with Gasteiger partial charge in [-0.2, -0.15) is 0 Å². The van der Waals surface area contributed by atoms with Gasteiger partial charge in [0.15, 0.2) is 6.61 Å². The fourth-order valence-electron chi connectivity index (χ4n) is 3.38. The molecule has 0 unspecified atom stereocenters. The van der Waals surface area contributed by atoms with E-state index in [1.165, 1.54) is 24.3 Å². The van der Waals surface area contributed by atoms with Crippen LogP contribution in [0.4, 0.5) is 14.9 Å². The lowest BCUT2D eigenvalue weighted by atomic mass is 10.1. The quantitative estimate of drug-likeness (QED) is 0.409. The highest BCUT2D eigenvalue weighted by atomic mass is 19.1. The van der Waals surface area contributed by atoms with Gasteiger partial charge in [0, 0.05) is 16.8 Å². The van der Waals surface area contributed by atoms with Crippen LogP contribution in [0.2, 0.25) is 0 Å². The number of hydrogen-bond donors (Lipinski definition) is 2. The Balaban J connectivity index is 1.44. The van der Waals surface area contributed by atoms with Crippen molar-refractivity contribution in [2.24, 2.45) is 0 Å². The zero-order chi connectivity index (χ0) is 24.1. The third kappa shape index (κ3) is 5.29. The molecule has 3 aromatic rings. The first kappa shape index (κ1) is 22.7. The number of nitrogens with one attached hydrogen (secondary N) is 2. The van der Waals surface area contributed by atoms with Crippen molar-refractivity contribution in [1.82, 2.24) is 10.2 Å². The number of aryl methyl sites for hydroxylation is 1. The SMILES string of the molecule is Cc1ccc(NC(=O)COc2ccccc2C=C2NC(=O)N(Cc3ccccc3F)C2=O)cc1. The second kappa shape index (κ2) is 9.99. The monoisotopic (exact) mass is 459 g/mol. The third-order valence-electron chi connectivity index (χ3n) is 5.16. The molecule has 1 fully saturated rings. The van der Waals surface area contributed by atoms with Crippen molar-refractivity contribution in [1.29, 1.82) is 0 Å². The van der Waals surface area contributed by atoms with Gasteiger partial charge in [-0.05, 0) is 37.3 Å². The van der Waals surface area contributed by atoms with E-state index in [9.17, 15) is 18.8 Å². The van der Waals surface area contributed by atoms with Crippen molar-refractivity contribution < 1.29 is 23.5 Å². The lowest BCUT2D eigenvalue weighted by molar-refractivity contribution is -0.123. The van der Waals surface area contributed by atoms with Crippen molar-refractivity contribution in [3.8, 4) is 5.75 Å². The fraction of sp³-hybridized carbons (Fsp3) is 0.115. The van der Waals surface area contributed by atoms with Crippen LogP contribution in [0.1, 0.15) is 16.7 Å². The molecule has 172 valence electrons. The number of nitrogens with zero attached hydrogens (tertiary/aromatic N) is 1. The first-order valence-electron chi connectivity index (χ1n) is 10.6. The lowest BCUT2D eigenvalue weighted by Crippen LogP contribution is -2.30. The molecular formula is C26H22FN3O4. The van der Waals surface area contributed by atoms with Crippen LogP contribution in [0.3, 0.4) is 0 Å².